The number of nitrogens with one attached hydrogen (secondary N) is 1. The average Bonchev–Trinajstić information content (AvgIpc) is 2.73. The van der Waals surface area contributed by atoms with Crippen LogP contribution in [0.3, 0.4) is 0 Å². The molecule has 0 unspecified atom stereocenters. The Bertz CT molecular complexity index is 321. The maximum atomic E-state index is 11.2. The van der Waals surface area contributed by atoms with Crippen molar-refractivity contribution < 1.29 is 9.21 Å². The minimum Gasteiger partial charge on any atom is -0.455 e. The lowest BCUT2D eigenvalue weighted by Gasteiger charge is -2.15. The van der Waals surface area contributed by atoms with Crippen molar-refractivity contribution >= 4 is 28.8 Å². The molecule has 1 heterocycles. The highest BCUT2D eigenvalue weighted by Crippen LogP contribution is 2.10. The highest BCUT2D eigenvalue weighted by molar-refractivity contribution is 14.1. The Morgan fingerprint density at radius 1 is 1.47 bits per heavy atom. The van der Waals surface area contributed by atoms with Crippen molar-refractivity contribution in [3.8, 4) is 0 Å². The molecule has 0 saturated heterocycles. The van der Waals surface area contributed by atoms with Crippen LogP contribution in [0.25, 0.3) is 0 Å². The monoisotopic (exact) mass is 322 g/mol. The van der Waals surface area contributed by atoms with Gasteiger partial charge in [0.15, 0.2) is 5.76 Å². The average molecular weight is 322 g/mol. The van der Waals surface area contributed by atoms with Gasteiger partial charge < -0.3 is 4.42 Å². The fourth-order valence-corrected chi connectivity index (χ4v) is 1.56. The van der Waals surface area contributed by atoms with Gasteiger partial charge >= 0.3 is 0 Å². The molecule has 0 bridgehead atoms. The molecule has 1 aromatic heterocycles. The Morgan fingerprint density at radius 3 is 2.67 bits per heavy atom. The molecular formula is C10H15IN2O2. The molecule has 1 rings (SSSR count). The summed E-state index contributed by atoms with van der Waals surface area (Å²) in [5.41, 5.74) is 0. The Morgan fingerprint density at radius 2 is 2.13 bits per heavy atom. The van der Waals surface area contributed by atoms with E-state index >= 15 is 0 Å². The van der Waals surface area contributed by atoms with Crippen LogP contribution in [0.4, 0.5) is 0 Å². The summed E-state index contributed by atoms with van der Waals surface area (Å²) < 4.78 is 7.91. The molecule has 4 nitrogen and oxygen atoms in total. The standard InChI is InChI=1S/C10H15IN2O2/c1-3-13(4-2)7-8-5-6-9(15-8)10(14)12-11/h5-6H,3-4,7H2,1-2H3,(H,12,14). The smallest absolute Gasteiger partial charge is 0.295 e. The minimum absolute atomic E-state index is 0.193. The van der Waals surface area contributed by atoms with Crippen LogP contribution in [0.15, 0.2) is 16.5 Å². The van der Waals surface area contributed by atoms with Gasteiger partial charge in [-0.25, -0.2) is 0 Å². The zero-order valence-electron chi connectivity index (χ0n) is 8.92. The molecule has 0 fully saturated rings. The molecule has 0 saturated carbocycles. The summed E-state index contributed by atoms with van der Waals surface area (Å²) >= 11 is 1.80. The second kappa shape index (κ2) is 6.12. The predicted octanol–water partition coefficient (Wildman–Crippen LogP) is 2.20. The molecule has 0 aliphatic heterocycles. The van der Waals surface area contributed by atoms with Crippen LogP contribution in [0, 0.1) is 0 Å². The third-order valence-electron chi connectivity index (χ3n) is 2.25. The third kappa shape index (κ3) is 3.49. The van der Waals surface area contributed by atoms with Crippen molar-refractivity contribution in [3.63, 3.8) is 0 Å². The molecule has 1 N–H and O–H groups in total. The molecule has 0 aliphatic carbocycles. The number of carbonyl (C=O) groups excluding carboxylic acids is 1. The number of carbonyl (C=O) groups is 1. The first-order valence-corrected chi connectivity index (χ1v) is 6.01. The van der Waals surface area contributed by atoms with Gasteiger partial charge in [-0.3, -0.25) is 13.2 Å². The van der Waals surface area contributed by atoms with Crippen LogP contribution in [-0.2, 0) is 6.54 Å². The molecule has 0 aromatic carbocycles. The number of amides is 1. The molecule has 84 valence electrons. The van der Waals surface area contributed by atoms with Gasteiger partial charge in [-0.2, -0.15) is 0 Å². The number of nitrogens with zero attached hydrogens (tertiary/aromatic N) is 1. The van der Waals surface area contributed by atoms with Gasteiger partial charge in [-0.15, -0.1) is 0 Å². The highest BCUT2D eigenvalue weighted by Gasteiger charge is 2.10. The van der Waals surface area contributed by atoms with E-state index in [4.69, 9.17) is 4.42 Å². The first-order valence-electron chi connectivity index (χ1n) is 4.93. The molecule has 1 amide bonds. The maximum absolute atomic E-state index is 11.2. The summed E-state index contributed by atoms with van der Waals surface area (Å²) in [6.45, 7) is 6.91. The Hall–Kier alpha value is -0.560. The fraction of sp³-hybridized carbons (Fsp3) is 0.500. The number of hydrogen-bond donors (Lipinski definition) is 1. The summed E-state index contributed by atoms with van der Waals surface area (Å²) in [5.74, 6) is 1.00. The van der Waals surface area contributed by atoms with E-state index < -0.39 is 0 Å². The van der Waals surface area contributed by atoms with Gasteiger partial charge in [-0.05, 0) is 25.2 Å². The first-order chi connectivity index (χ1) is 7.21. The Kier molecular flexibility index (Phi) is 5.10. The Labute approximate surface area is 104 Å². The number of hydrogen-bond acceptors (Lipinski definition) is 3. The van der Waals surface area contributed by atoms with E-state index in [1.165, 1.54) is 0 Å². The van der Waals surface area contributed by atoms with Crippen LogP contribution in [0.1, 0.15) is 30.2 Å². The van der Waals surface area contributed by atoms with Crippen LogP contribution in [-0.4, -0.2) is 23.9 Å². The normalized spacial score (nSPS) is 10.7. The van der Waals surface area contributed by atoms with E-state index in [2.05, 4.69) is 22.3 Å². The van der Waals surface area contributed by atoms with Crippen molar-refractivity contribution in [2.75, 3.05) is 13.1 Å². The fourth-order valence-electron chi connectivity index (χ4n) is 1.30. The van der Waals surface area contributed by atoms with E-state index in [9.17, 15) is 4.79 Å². The van der Waals surface area contributed by atoms with E-state index in [0.717, 1.165) is 25.4 Å². The van der Waals surface area contributed by atoms with Crippen molar-refractivity contribution in [3.05, 3.63) is 23.7 Å². The quantitative estimate of drug-likeness (QED) is 0.668. The summed E-state index contributed by atoms with van der Waals surface area (Å²) in [6.07, 6.45) is 0. The molecule has 0 atom stereocenters. The zero-order valence-corrected chi connectivity index (χ0v) is 11.1. The van der Waals surface area contributed by atoms with Gasteiger partial charge in [0.2, 0.25) is 0 Å². The SMILES string of the molecule is CCN(CC)Cc1ccc(C(=O)NI)o1. The lowest BCUT2D eigenvalue weighted by atomic mass is 10.4. The van der Waals surface area contributed by atoms with Gasteiger partial charge in [-0.1, -0.05) is 13.8 Å². The highest BCUT2D eigenvalue weighted by atomic mass is 127. The van der Waals surface area contributed by atoms with Crippen molar-refractivity contribution in [1.29, 1.82) is 0 Å². The summed E-state index contributed by atoms with van der Waals surface area (Å²) in [4.78, 5) is 13.5. The zero-order chi connectivity index (χ0) is 11.3. The number of rotatable bonds is 5. The lowest BCUT2D eigenvalue weighted by molar-refractivity contribution is 0.0959. The lowest BCUT2D eigenvalue weighted by Crippen LogP contribution is -2.21. The van der Waals surface area contributed by atoms with Crippen LogP contribution in [0.2, 0.25) is 0 Å². The number of furan rings is 1. The molecule has 15 heavy (non-hydrogen) atoms. The van der Waals surface area contributed by atoms with E-state index in [-0.39, 0.29) is 5.91 Å². The maximum Gasteiger partial charge on any atom is 0.295 e. The third-order valence-corrected chi connectivity index (χ3v) is 2.74. The molecule has 0 spiro atoms. The first kappa shape index (κ1) is 12.5. The Balaban J connectivity index is 2.63. The summed E-state index contributed by atoms with van der Waals surface area (Å²) in [7, 11) is 0. The van der Waals surface area contributed by atoms with E-state index in [0.29, 0.717) is 5.76 Å². The van der Waals surface area contributed by atoms with Gasteiger partial charge in [0.1, 0.15) is 5.76 Å². The second-order valence-corrected chi connectivity index (χ2v) is 3.69. The van der Waals surface area contributed by atoms with E-state index in [1.807, 2.05) is 6.07 Å². The van der Waals surface area contributed by atoms with Gasteiger partial charge in [0, 0.05) is 0 Å². The van der Waals surface area contributed by atoms with Crippen LogP contribution in [0.5, 0.6) is 0 Å². The number of halogens is 1. The van der Waals surface area contributed by atoms with Crippen LogP contribution >= 0.6 is 22.9 Å². The molecular weight excluding hydrogens is 307 g/mol. The molecule has 0 radical (unpaired) electrons. The van der Waals surface area contributed by atoms with Gasteiger partial charge in [0.05, 0.1) is 29.4 Å². The topological polar surface area (TPSA) is 45.5 Å². The minimum atomic E-state index is -0.193. The largest absolute Gasteiger partial charge is 0.455 e. The van der Waals surface area contributed by atoms with Crippen molar-refractivity contribution in [2.45, 2.75) is 20.4 Å². The molecule has 1 aromatic rings. The van der Waals surface area contributed by atoms with Crippen molar-refractivity contribution in [1.82, 2.24) is 8.43 Å². The van der Waals surface area contributed by atoms with E-state index in [1.54, 1.807) is 28.9 Å². The van der Waals surface area contributed by atoms with Crippen LogP contribution < -0.4 is 3.53 Å². The molecule has 5 heteroatoms. The predicted molar refractivity (Wildman–Crippen MR) is 66.8 cm³/mol. The summed E-state index contributed by atoms with van der Waals surface area (Å²) in [6, 6.07) is 3.55. The molecule has 0 aliphatic rings. The second-order valence-electron chi connectivity index (χ2n) is 3.15. The summed E-state index contributed by atoms with van der Waals surface area (Å²) in [5, 5.41) is 0. The van der Waals surface area contributed by atoms with Gasteiger partial charge in [0.25, 0.3) is 5.91 Å². The van der Waals surface area contributed by atoms with Crippen molar-refractivity contribution in [2.24, 2.45) is 0 Å².